The Labute approximate surface area is 198 Å². The molecule has 1 fully saturated rings. The zero-order valence-corrected chi connectivity index (χ0v) is 19.7. The molecular weight excluding hydrogens is 496 g/mol. The topological polar surface area (TPSA) is 111 Å². The van der Waals surface area contributed by atoms with Crippen molar-refractivity contribution in [2.75, 3.05) is 25.2 Å². The summed E-state index contributed by atoms with van der Waals surface area (Å²) >= 11 is 3.37. The molecule has 0 spiro atoms. The van der Waals surface area contributed by atoms with Crippen LogP contribution in [0.4, 0.5) is 10.5 Å². The van der Waals surface area contributed by atoms with Gasteiger partial charge in [0.25, 0.3) is 11.8 Å². The molecule has 0 unspecified atom stereocenters. The van der Waals surface area contributed by atoms with Crippen molar-refractivity contribution in [1.29, 1.82) is 0 Å². The minimum atomic E-state index is -0.820. The molecule has 4 amide bonds. The van der Waals surface area contributed by atoms with Gasteiger partial charge in [-0.05, 0) is 65.2 Å². The monoisotopic (exact) mass is 516 g/mol. The Morgan fingerprint density at radius 3 is 2.55 bits per heavy atom. The molecule has 33 heavy (non-hydrogen) atoms. The number of esters is 1. The van der Waals surface area contributed by atoms with Crippen LogP contribution in [-0.4, -0.2) is 44.1 Å². The highest BCUT2D eigenvalue weighted by Crippen LogP contribution is 2.38. The number of hydrogen-bond acceptors (Lipinski definition) is 7. The highest BCUT2D eigenvalue weighted by atomic mass is 79.9. The number of halogens is 1. The van der Waals surface area contributed by atoms with Crippen LogP contribution in [0.2, 0.25) is 0 Å². The van der Waals surface area contributed by atoms with E-state index in [0.717, 1.165) is 4.90 Å². The van der Waals surface area contributed by atoms with Crippen molar-refractivity contribution < 1.29 is 33.4 Å². The van der Waals surface area contributed by atoms with Crippen molar-refractivity contribution in [3.8, 4) is 11.5 Å². The number of aryl methyl sites for hydroxylation is 1. The van der Waals surface area contributed by atoms with E-state index in [1.54, 1.807) is 50.2 Å². The number of para-hydroxylation sites is 1. The third-order valence-electron chi connectivity index (χ3n) is 4.66. The summed E-state index contributed by atoms with van der Waals surface area (Å²) in [5.74, 6) is -1.58. The number of hydrogen-bond donors (Lipinski definition) is 1. The van der Waals surface area contributed by atoms with Crippen LogP contribution in [0.1, 0.15) is 18.1 Å². The number of barbiturate groups is 1. The molecule has 3 rings (SSSR count). The van der Waals surface area contributed by atoms with Gasteiger partial charge in [0.1, 0.15) is 5.57 Å². The number of urea groups is 1. The van der Waals surface area contributed by atoms with Gasteiger partial charge < -0.3 is 14.2 Å². The number of anilines is 1. The van der Waals surface area contributed by atoms with Crippen LogP contribution in [0, 0.1) is 6.92 Å². The van der Waals surface area contributed by atoms with Crippen molar-refractivity contribution >= 4 is 51.5 Å². The summed E-state index contributed by atoms with van der Waals surface area (Å²) in [5, 5.41) is 2.20. The zero-order valence-electron chi connectivity index (χ0n) is 18.1. The number of rotatable bonds is 7. The molecule has 0 aromatic heterocycles. The first-order valence-electron chi connectivity index (χ1n) is 9.89. The molecular formula is C23H21BrN2O7. The van der Waals surface area contributed by atoms with Crippen LogP contribution >= 0.6 is 15.9 Å². The standard InChI is InChI=1S/C23H21BrN2O7/c1-4-32-18-11-14(10-16(24)20(18)33-12-19(27)31-3)9-15-21(28)25-23(30)26(22(15)29)17-8-6-5-7-13(17)2/h5-11H,4,12H2,1-3H3,(H,25,28,30)/b15-9+. The van der Waals surface area contributed by atoms with Gasteiger partial charge >= 0.3 is 12.0 Å². The Morgan fingerprint density at radius 2 is 1.88 bits per heavy atom. The second-order valence-electron chi connectivity index (χ2n) is 6.87. The first-order valence-corrected chi connectivity index (χ1v) is 10.7. The molecule has 0 aliphatic carbocycles. The lowest BCUT2D eigenvalue weighted by Crippen LogP contribution is -2.54. The normalized spacial score (nSPS) is 14.8. The molecule has 0 saturated carbocycles. The lowest BCUT2D eigenvalue weighted by molar-refractivity contribution is -0.143. The Morgan fingerprint density at radius 1 is 1.15 bits per heavy atom. The smallest absolute Gasteiger partial charge is 0.343 e. The number of nitrogens with one attached hydrogen (secondary N) is 1. The van der Waals surface area contributed by atoms with E-state index in [1.807, 2.05) is 0 Å². The van der Waals surface area contributed by atoms with Crippen LogP contribution in [0.15, 0.2) is 46.4 Å². The number of carbonyl (C=O) groups excluding carboxylic acids is 4. The Kier molecular flexibility index (Phi) is 7.49. The van der Waals surface area contributed by atoms with E-state index < -0.39 is 23.8 Å². The van der Waals surface area contributed by atoms with Crippen molar-refractivity contribution in [2.24, 2.45) is 0 Å². The summed E-state index contributed by atoms with van der Waals surface area (Å²) in [7, 11) is 1.25. The van der Waals surface area contributed by atoms with Crippen LogP contribution in [0.5, 0.6) is 11.5 Å². The fourth-order valence-electron chi connectivity index (χ4n) is 3.12. The highest BCUT2D eigenvalue weighted by Gasteiger charge is 2.37. The van der Waals surface area contributed by atoms with Gasteiger partial charge in [0.15, 0.2) is 18.1 Å². The van der Waals surface area contributed by atoms with Gasteiger partial charge in [0, 0.05) is 0 Å². The first kappa shape index (κ1) is 24.0. The summed E-state index contributed by atoms with van der Waals surface area (Å²) in [6.45, 7) is 3.50. The number of benzene rings is 2. The highest BCUT2D eigenvalue weighted by molar-refractivity contribution is 9.10. The fraction of sp³-hybridized carbons (Fsp3) is 0.217. The van der Waals surface area contributed by atoms with E-state index in [1.165, 1.54) is 13.2 Å². The van der Waals surface area contributed by atoms with E-state index in [9.17, 15) is 19.2 Å². The molecule has 1 aliphatic rings. The number of carbonyl (C=O) groups is 4. The van der Waals surface area contributed by atoms with Crippen molar-refractivity contribution in [1.82, 2.24) is 5.32 Å². The quantitative estimate of drug-likeness (QED) is 0.341. The molecule has 0 atom stereocenters. The maximum absolute atomic E-state index is 13.1. The minimum Gasteiger partial charge on any atom is -0.490 e. The van der Waals surface area contributed by atoms with E-state index in [2.05, 4.69) is 26.0 Å². The lowest BCUT2D eigenvalue weighted by atomic mass is 10.1. The van der Waals surface area contributed by atoms with Gasteiger partial charge in [-0.25, -0.2) is 14.5 Å². The molecule has 1 heterocycles. The summed E-state index contributed by atoms with van der Waals surface area (Å²) in [6, 6.07) is 9.19. The SMILES string of the molecule is CCOc1cc(/C=C2\C(=O)NC(=O)N(c3ccccc3C)C2=O)cc(Br)c1OCC(=O)OC. The first-order chi connectivity index (χ1) is 15.8. The second kappa shape index (κ2) is 10.3. The molecule has 2 aromatic carbocycles. The molecule has 2 aromatic rings. The molecule has 0 radical (unpaired) electrons. The van der Waals surface area contributed by atoms with E-state index in [-0.39, 0.29) is 23.7 Å². The molecule has 0 bridgehead atoms. The van der Waals surface area contributed by atoms with Gasteiger partial charge in [-0.2, -0.15) is 0 Å². The molecule has 1 saturated heterocycles. The van der Waals surface area contributed by atoms with E-state index >= 15 is 0 Å². The van der Waals surface area contributed by atoms with Crippen molar-refractivity contribution in [2.45, 2.75) is 13.8 Å². The zero-order chi connectivity index (χ0) is 24.1. The summed E-state index contributed by atoms with van der Waals surface area (Å²) in [6.07, 6.45) is 1.35. The number of methoxy groups -OCH3 is 1. The third kappa shape index (κ3) is 5.23. The number of nitrogens with zero attached hydrogens (tertiary/aromatic N) is 1. The predicted molar refractivity (Wildman–Crippen MR) is 123 cm³/mol. The van der Waals surface area contributed by atoms with Crippen molar-refractivity contribution in [3.63, 3.8) is 0 Å². The van der Waals surface area contributed by atoms with Crippen LogP contribution in [0.25, 0.3) is 6.08 Å². The Bertz CT molecular complexity index is 1160. The number of amides is 4. The maximum atomic E-state index is 13.1. The van der Waals surface area contributed by atoms with Crippen molar-refractivity contribution in [3.05, 3.63) is 57.6 Å². The summed E-state index contributed by atoms with van der Waals surface area (Å²) < 4.78 is 16.1. The largest absolute Gasteiger partial charge is 0.490 e. The van der Waals surface area contributed by atoms with Crippen LogP contribution < -0.4 is 19.7 Å². The molecule has 9 nitrogen and oxygen atoms in total. The van der Waals surface area contributed by atoms with Gasteiger partial charge in [-0.3, -0.25) is 14.9 Å². The number of imide groups is 2. The average Bonchev–Trinajstić information content (AvgIpc) is 2.77. The minimum absolute atomic E-state index is 0.226. The number of ether oxygens (including phenoxy) is 3. The third-order valence-corrected chi connectivity index (χ3v) is 5.25. The van der Waals surface area contributed by atoms with Gasteiger partial charge in [0.2, 0.25) is 0 Å². The molecule has 10 heteroatoms. The Hall–Kier alpha value is -3.66. The predicted octanol–water partition coefficient (Wildman–Crippen LogP) is 3.37. The van der Waals surface area contributed by atoms with Gasteiger partial charge in [-0.1, -0.05) is 18.2 Å². The van der Waals surface area contributed by atoms with Crippen LogP contribution in [-0.2, 0) is 19.1 Å². The fourth-order valence-corrected chi connectivity index (χ4v) is 3.70. The summed E-state index contributed by atoms with van der Waals surface area (Å²) in [4.78, 5) is 50.4. The lowest BCUT2D eigenvalue weighted by Gasteiger charge is -2.27. The molecule has 1 N–H and O–H groups in total. The second-order valence-corrected chi connectivity index (χ2v) is 7.73. The maximum Gasteiger partial charge on any atom is 0.343 e. The molecule has 1 aliphatic heterocycles. The Balaban J connectivity index is 2.00. The molecule has 172 valence electrons. The van der Waals surface area contributed by atoms with E-state index in [0.29, 0.717) is 27.9 Å². The average molecular weight is 517 g/mol. The van der Waals surface area contributed by atoms with E-state index in [4.69, 9.17) is 9.47 Å². The van der Waals surface area contributed by atoms with Gasteiger partial charge in [-0.15, -0.1) is 0 Å². The summed E-state index contributed by atoms with van der Waals surface area (Å²) in [5.41, 5.74) is 1.29. The van der Waals surface area contributed by atoms with Gasteiger partial charge in [0.05, 0.1) is 23.9 Å². The van der Waals surface area contributed by atoms with Crippen LogP contribution in [0.3, 0.4) is 0 Å².